The number of nitrogens with two attached hydrogens (primary N) is 1. The summed E-state index contributed by atoms with van der Waals surface area (Å²) in [5.41, 5.74) is 6.91. The SMILES string of the molecule is CCCOCCC(=O)Nc1ccccc1C(N)=S. The Balaban J connectivity index is 2.51. The summed E-state index contributed by atoms with van der Waals surface area (Å²) in [6.45, 7) is 3.13. The van der Waals surface area contributed by atoms with Crippen LogP contribution >= 0.6 is 12.2 Å². The third-order valence-corrected chi connectivity index (χ3v) is 2.51. The van der Waals surface area contributed by atoms with Crippen LogP contribution in [0.2, 0.25) is 0 Å². The number of hydrogen-bond acceptors (Lipinski definition) is 3. The van der Waals surface area contributed by atoms with Crippen LogP contribution < -0.4 is 11.1 Å². The molecule has 3 N–H and O–H groups in total. The number of ether oxygens (including phenoxy) is 1. The standard InChI is InChI=1S/C13H18N2O2S/c1-2-8-17-9-7-12(16)15-11-6-4-3-5-10(11)13(14)18/h3-6H,2,7-9H2,1H3,(H2,14,18)(H,15,16). The van der Waals surface area contributed by atoms with Crippen LogP contribution in [-0.2, 0) is 9.53 Å². The van der Waals surface area contributed by atoms with E-state index < -0.39 is 0 Å². The number of rotatable bonds is 7. The normalized spacial score (nSPS) is 10.1. The van der Waals surface area contributed by atoms with Crippen LogP contribution in [0, 0.1) is 0 Å². The number of para-hydroxylation sites is 1. The lowest BCUT2D eigenvalue weighted by molar-refractivity contribution is -0.117. The third kappa shape index (κ3) is 4.81. The van der Waals surface area contributed by atoms with E-state index in [1.165, 1.54) is 0 Å². The molecule has 1 amide bonds. The summed E-state index contributed by atoms with van der Waals surface area (Å²) < 4.78 is 5.26. The molecule has 0 spiro atoms. The highest BCUT2D eigenvalue weighted by Gasteiger charge is 2.07. The summed E-state index contributed by atoms with van der Waals surface area (Å²) in [5, 5.41) is 2.78. The van der Waals surface area contributed by atoms with Gasteiger partial charge in [0, 0.05) is 12.2 Å². The van der Waals surface area contributed by atoms with Gasteiger partial charge in [-0.15, -0.1) is 0 Å². The smallest absolute Gasteiger partial charge is 0.226 e. The van der Waals surface area contributed by atoms with Crippen LogP contribution in [0.4, 0.5) is 5.69 Å². The number of anilines is 1. The fourth-order valence-corrected chi connectivity index (χ4v) is 1.61. The Morgan fingerprint density at radius 3 is 2.78 bits per heavy atom. The summed E-state index contributed by atoms with van der Waals surface area (Å²) in [7, 11) is 0. The van der Waals surface area contributed by atoms with E-state index in [-0.39, 0.29) is 10.9 Å². The Labute approximate surface area is 113 Å². The van der Waals surface area contributed by atoms with E-state index in [0.717, 1.165) is 6.42 Å². The lowest BCUT2D eigenvalue weighted by Gasteiger charge is -2.09. The van der Waals surface area contributed by atoms with Gasteiger partial charge in [0.1, 0.15) is 4.99 Å². The molecule has 0 fully saturated rings. The zero-order chi connectivity index (χ0) is 13.4. The molecule has 98 valence electrons. The average molecular weight is 266 g/mol. The van der Waals surface area contributed by atoms with Crippen molar-refractivity contribution in [3.05, 3.63) is 29.8 Å². The molecule has 0 aliphatic carbocycles. The van der Waals surface area contributed by atoms with Crippen LogP contribution in [-0.4, -0.2) is 24.1 Å². The third-order valence-electron chi connectivity index (χ3n) is 2.29. The molecular weight excluding hydrogens is 248 g/mol. The van der Waals surface area contributed by atoms with Crippen molar-refractivity contribution >= 4 is 28.8 Å². The fourth-order valence-electron chi connectivity index (χ4n) is 1.43. The predicted molar refractivity (Wildman–Crippen MR) is 76.7 cm³/mol. The zero-order valence-corrected chi connectivity index (χ0v) is 11.3. The second-order valence-electron chi connectivity index (χ2n) is 3.82. The lowest BCUT2D eigenvalue weighted by atomic mass is 10.1. The molecule has 0 aliphatic heterocycles. The maximum atomic E-state index is 11.7. The van der Waals surface area contributed by atoms with Gasteiger partial charge in [-0.2, -0.15) is 0 Å². The van der Waals surface area contributed by atoms with Crippen molar-refractivity contribution in [2.24, 2.45) is 5.73 Å². The van der Waals surface area contributed by atoms with E-state index in [0.29, 0.717) is 30.9 Å². The number of thiocarbonyl (C=S) groups is 1. The topological polar surface area (TPSA) is 64.3 Å². The number of carbonyl (C=O) groups excluding carboxylic acids is 1. The van der Waals surface area contributed by atoms with Crippen molar-refractivity contribution < 1.29 is 9.53 Å². The number of hydrogen-bond donors (Lipinski definition) is 2. The van der Waals surface area contributed by atoms with Crippen LogP contribution in [0.1, 0.15) is 25.3 Å². The Kier molecular flexibility index (Phi) is 6.32. The fraction of sp³-hybridized carbons (Fsp3) is 0.385. The highest BCUT2D eigenvalue weighted by atomic mass is 32.1. The molecule has 1 aromatic rings. The van der Waals surface area contributed by atoms with E-state index in [1.54, 1.807) is 12.1 Å². The van der Waals surface area contributed by atoms with E-state index >= 15 is 0 Å². The summed E-state index contributed by atoms with van der Waals surface area (Å²) >= 11 is 4.93. The molecule has 5 heteroatoms. The van der Waals surface area contributed by atoms with Gasteiger partial charge in [0.05, 0.1) is 18.7 Å². The van der Waals surface area contributed by atoms with Crippen molar-refractivity contribution in [3.8, 4) is 0 Å². The Hall–Kier alpha value is -1.46. The number of benzene rings is 1. The maximum absolute atomic E-state index is 11.7. The van der Waals surface area contributed by atoms with Gasteiger partial charge in [-0.3, -0.25) is 4.79 Å². The number of carbonyl (C=O) groups is 1. The number of nitrogens with one attached hydrogen (secondary N) is 1. The molecule has 0 saturated heterocycles. The molecular formula is C13H18N2O2S. The summed E-state index contributed by atoms with van der Waals surface area (Å²) in [6, 6.07) is 7.21. The minimum atomic E-state index is -0.102. The van der Waals surface area contributed by atoms with Gasteiger partial charge in [-0.25, -0.2) is 0 Å². The Morgan fingerprint density at radius 2 is 2.11 bits per heavy atom. The van der Waals surface area contributed by atoms with Gasteiger partial charge in [0.2, 0.25) is 5.91 Å². The van der Waals surface area contributed by atoms with Crippen molar-refractivity contribution in [3.63, 3.8) is 0 Å². The molecule has 0 aromatic heterocycles. The summed E-state index contributed by atoms with van der Waals surface area (Å²) in [4.78, 5) is 11.9. The van der Waals surface area contributed by atoms with Gasteiger partial charge in [0.25, 0.3) is 0 Å². The van der Waals surface area contributed by atoms with Gasteiger partial charge in [0.15, 0.2) is 0 Å². The van der Waals surface area contributed by atoms with Crippen LogP contribution in [0.5, 0.6) is 0 Å². The van der Waals surface area contributed by atoms with Crippen LogP contribution in [0.3, 0.4) is 0 Å². The van der Waals surface area contributed by atoms with E-state index in [4.69, 9.17) is 22.7 Å². The highest BCUT2D eigenvalue weighted by molar-refractivity contribution is 7.80. The molecule has 4 nitrogen and oxygen atoms in total. The lowest BCUT2D eigenvalue weighted by Crippen LogP contribution is -2.18. The maximum Gasteiger partial charge on any atom is 0.226 e. The first-order valence-electron chi connectivity index (χ1n) is 5.91. The molecule has 0 aliphatic rings. The average Bonchev–Trinajstić information content (AvgIpc) is 2.35. The molecule has 0 bridgehead atoms. The summed E-state index contributed by atoms with van der Waals surface area (Å²) in [6.07, 6.45) is 1.28. The van der Waals surface area contributed by atoms with Crippen molar-refractivity contribution in [1.82, 2.24) is 0 Å². The first-order chi connectivity index (χ1) is 8.65. The van der Waals surface area contributed by atoms with Gasteiger partial charge in [-0.1, -0.05) is 31.3 Å². The number of amides is 1. The molecule has 0 unspecified atom stereocenters. The van der Waals surface area contributed by atoms with E-state index in [9.17, 15) is 4.79 Å². The molecule has 18 heavy (non-hydrogen) atoms. The first kappa shape index (κ1) is 14.6. The summed E-state index contributed by atoms with van der Waals surface area (Å²) in [5.74, 6) is -0.102. The van der Waals surface area contributed by atoms with Crippen molar-refractivity contribution in [2.45, 2.75) is 19.8 Å². The van der Waals surface area contributed by atoms with Gasteiger partial charge in [-0.05, 0) is 18.6 Å². The second kappa shape index (κ2) is 7.79. The monoisotopic (exact) mass is 266 g/mol. The Morgan fingerprint density at radius 1 is 1.39 bits per heavy atom. The van der Waals surface area contributed by atoms with Gasteiger partial charge < -0.3 is 15.8 Å². The molecule has 1 rings (SSSR count). The quantitative estimate of drug-likeness (QED) is 0.586. The minimum Gasteiger partial charge on any atom is -0.389 e. The Bertz CT molecular complexity index is 421. The molecule has 0 atom stereocenters. The van der Waals surface area contributed by atoms with E-state index in [2.05, 4.69) is 5.32 Å². The predicted octanol–water partition coefficient (Wildman–Crippen LogP) is 2.08. The van der Waals surface area contributed by atoms with Crippen LogP contribution in [0.15, 0.2) is 24.3 Å². The van der Waals surface area contributed by atoms with Crippen molar-refractivity contribution in [1.29, 1.82) is 0 Å². The molecule has 0 radical (unpaired) electrons. The van der Waals surface area contributed by atoms with Crippen LogP contribution in [0.25, 0.3) is 0 Å². The highest BCUT2D eigenvalue weighted by Crippen LogP contribution is 2.14. The first-order valence-corrected chi connectivity index (χ1v) is 6.32. The van der Waals surface area contributed by atoms with E-state index in [1.807, 2.05) is 19.1 Å². The zero-order valence-electron chi connectivity index (χ0n) is 10.4. The minimum absolute atomic E-state index is 0.102. The van der Waals surface area contributed by atoms with Crippen molar-refractivity contribution in [2.75, 3.05) is 18.5 Å². The molecule has 0 heterocycles. The molecule has 1 aromatic carbocycles. The second-order valence-corrected chi connectivity index (χ2v) is 4.26. The largest absolute Gasteiger partial charge is 0.389 e. The van der Waals surface area contributed by atoms with Gasteiger partial charge >= 0.3 is 0 Å². The molecule has 0 saturated carbocycles.